The molecule has 1 atom stereocenters. The van der Waals surface area contributed by atoms with Crippen molar-refractivity contribution in [2.45, 2.75) is 29.6 Å². The lowest BCUT2D eigenvalue weighted by Crippen LogP contribution is -2.41. The molecule has 0 bridgehead atoms. The van der Waals surface area contributed by atoms with Crippen molar-refractivity contribution < 1.29 is 13.6 Å². The zero-order valence-corrected chi connectivity index (χ0v) is 17.2. The average Bonchev–Trinajstić information content (AvgIpc) is 3.32. The van der Waals surface area contributed by atoms with Crippen LogP contribution >= 0.6 is 23.5 Å². The molecule has 0 aliphatic carbocycles. The molecule has 0 radical (unpaired) electrons. The van der Waals surface area contributed by atoms with Crippen LogP contribution in [0, 0.1) is 5.82 Å². The van der Waals surface area contributed by atoms with E-state index >= 15 is 0 Å². The minimum Gasteiger partial charge on any atom is -0.426 e. The van der Waals surface area contributed by atoms with E-state index in [1.165, 1.54) is 47.8 Å². The van der Waals surface area contributed by atoms with E-state index in [1.807, 2.05) is 24.0 Å². The monoisotopic (exact) mass is 419 g/mol. The molecule has 1 aliphatic rings. The van der Waals surface area contributed by atoms with E-state index < -0.39 is 0 Å². The highest BCUT2D eigenvalue weighted by atomic mass is 32.2. The molecule has 2 aromatic heterocycles. The first-order valence-corrected chi connectivity index (χ1v) is 11.1. The summed E-state index contributed by atoms with van der Waals surface area (Å²) in [6.07, 6.45) is 3.88. The molecule has 0 saturated heterocycles. The summed E-state index contributed by atoms with van der Waals surface area (Å²) in [5, 5.41) is 10.1. The normalized spacial score (nSPS) is 16.3. The van der Waals surface area contributed by atoms with Crippen molar-refractivity contribution in [3.05, 3.63) is 41.5 Å². The molecule has 3 aromatic rings. The lowest BCUT2D eigenvalue weighted by molar-refractivity contribution is 0.0638. The molecular weight excluding hydrogens is 401 g/mol. The molecule has 0 unspecified atom stereocenters. The highest BCUT2D eigenvalue weighted by molar-refractivity contribution is 8.01. The van der Waals surface area contributed by atoms with Crippen LogP contribution in [0.2, 0.25) is 0 Å². The number of nitrogens with zero attached hydrogens (tertiary/aromatic N) is 5. The first-order valence-electron chi connectivity index (χ1n) is 8.62. The van der Waals surface area contributed by atoms with Crippen LogP contribution in [0.3, 0.4) is 0 Å². The number of rotatable bonds is 4. The highest BCUT2D eigenvalue weighted by Gasteiger charge is 2.33. The molecule has 10 heteroatoms. The number of halogens is 1. The molecule has 0 N–H and O–H groups in total. The predicted octanol–water partition coefficient (Wildman–Crippen LogP) is 3.73. The van der Waals surface area contributed by atoms with Crippen molar-refractivity contribution in [3.8, 4) is 11.7 Å². The van der Waals surface area contributed by atoms with Crippen molar-refractivity contribution in [3.63, 3.8) is 0 Å². The fourth-order valence-corrected chi connectivity index (χ4v) is 4.49. The van der Waals surface area contributed by atoms with Gasteiger partial charge in [0.05, 0.1) is 6.04 Å². The number of hydrogen-bond donors (Lipinski definition) is 0. The quantitative estimate of drug-likeness (QED) is 0.596. The van der Waals surface area contributed by atoms with Crippen LogP contribution in [-0.4, -0.2) is 49.6 Å². The van der Waals surface area contributed by atoms with Gasteiger partial charge in [0, 0.05) is 18.7 Å². The minimum absolute atomic E-state index is 0.159. The SMILES string of the molecule is CSc1nc(-c2nnc3n2CCN(C(=O)c2ccc(F)cc2)[C@@H]3C)oc1SC. The fourth-order valence-electron chi connectivity index (χ4n) is 3.23. The summed E-state index contributed by atoms with van der Waals surface area (Å²) in [7, 11) is 0. The van der Waals surface area contributed by atoms with E-state index in [0.29, 0.717) is 36.2 Å². The first-order chi connectivity index (χ1) is 13.5. The second kappa shape index (κ2) is 7.59. The Labute approximate surface area is 169 Å². The van der Waals surface area contributed by atoms with Gasteiger partial charge in [0.1, 0.15) is 10.8 Å². The Hall–Kier alpha value is -2.33. The van der Waals surface area contributed by atoms with E-state index in [4.69, 9.17) is 4.42 Å². The Morgan fingerprint density at radius 2 is 1.93 bits per heavy atom. The largest absolute Gasteiger partial charge is 0.426 e. The molecule has 0 saturated carbocycles. The Kier molecular flexibility index (Phi) is 5.15. The van der Waals surface area contributed by atoms with Gasteiger partial charge in [0.2, 0.25) is 5.82 Å². The van der Waals surface area contributed by atoms with E-state index in [1.54, 1.807) is 4.90 Å². The maximum Gasteiger partial charge on any atom is 0.267 e. The summed E-state index contributed by atoms with van der Waals surface area (Å²) in [6, 6.07) is 5.30. The van der Waals surface area contributed by atoms with Gasteiger partial charge < -0.3 is 13.9 Å². The van der Waals surface area contributed by atoms with Gasteiger partial charge in [-0.2, -0.15) is 4.98 Å². The Morgan fingerprint density at radius 3 is 2.57 bits per heavy atom. The predicted molar refractivity (Wildman–Crippen MR) is 105 cm³/mol. The molecule has 146 valence electrons. The molecule has 28 heavy (non-hydrogen) atoms. The average molecular weight is 420 g/mol. The van der Waals surface area contributed by atoms with Gasteiger partial charge in [0.15, 0.2) is 10.9 Å². The topological polar surface area (TPSA) is 77.1 Å². The molecule has 7 nitrogen and oxygen atoms in total. The molecule has 0 fully saturated rings. The van der Waals surface area contributed by atoms with E-state index in [0.717, 1.165) is 10.1 Å². The summed E-state index contributed by atoms with van der Waals surface area (Å²) < 4.78 is 20.9. The molecule has 1 amide bonds. The third kappa shape index (κ3) is 3.20. The van der Waals surface area contributed by atoms with E-state index in [2.05, 4.69) is 15.2 Å². The number of thioether (sulfide) groups is 2. The third-order valence-corrected chi connectivity index (χ3v) is 6.11. The third-order valence-electron chi connectivity index (χ3n) is 4.67. The van der Waals surface area contributed by atoms with Gasteiger partial charge in [-0.25, -0.2) is 4.39 Å². The van der Waals surface area contributed by atoms with Crippen molar-refractivity contribution in [2.75, 3.05) is 19.1 Å². The zero-order chi connectivity index (χ0) is 19.8. The summed E-state index contributed by atoms with van der Waals surface area (Å²) in [5.41, 5.74) is 0.448. The lowest BCUT2D eigenvalue weighted by atomic mass is 10.1. The van der Waals surface area contributed by atoms with Crippen LogP contribution in [0.4, 0.5) is 4.39 Å². The van der Waals surface area contributed by atoms with E-state index in [9.17, 15) is 9.18 Å². The summed E-state index contributed by atoms with van der Waals surface area (Å²) in [5.74, 6) is 1.14. The van der Waals surface area contributed by atoms with Gasteiger partial charge in [-0.3, -0.25) is 4.79 Å². The Balaban J connectivity index is 1.63. The molecule has 1 aliphatic heterocycles. The number of benzene rings is 1. The standard InChI is InChI=1S/C18H18FN5O2S2/c1-10-13-21-22-14(15-20-16(27-2)18(26-15)28-3)24(13)9-8-23(10)17(25)11-4-6-12(19)7-5-11/h4-7,10H,8-9H2,1-3H3/t10-/m1/s1. The van der Waals surface area contributed by atoms with Crippen LogP contribution in [0.1, 0.15) is 29.1 Å². The second-order valence-electron chi connectivity index (χ2n) is 6.23. The number of aromatic nitrogens is 4. The number of hydrogen-bond acceptors (Lipinski definition) is 7. The van der Waals surface area contributed by atoms with Gasteiger partial charge in [-0.05, 0) is 43.7 Å². The Morgan fingerprint density at radius 1 is 1.18 bits per heavy atom. The van der Waals surface area contributed by atoms with E-state index in [-0.39, 0.29) is 17.8 Å². The van der Waals surface area contributed by atoms with Crippen LogP contribution in [0.15, 0.2) is 38.8 Å². The summed E-state index contributed by atoms with van der Waals surface area (Å²) in [4.78, 5) is 19.1. The van der Waals surface area contributed by atoms with Crippen LogP contribution in [-0.2, 0) is 6.54 Å². The minimum atomic E-state index is -0.368. The van der Waals surface area contributed by atoms with Crippen molar-refractivity contribution >= 4 is 29.4 Å². The first kappa shape index (κ1) is 19.0. The summed E-state index contributed by atoms with van der Waals surface area (Å²) in [6.45, 7) is 2.92. The molecule has 1 aromatic carbocycles. The smallest absolute Gasteiger partial charge is 0.267 e. The number of fused-ring (bicyclic) bond motifs is 1. The van der Waals surface area contributed by atoms with Crippen molar-refractivity contribution in [2.24, 2.45) is 0 Å². The number of oxazole rings is 1. The van der Waals surface area contributed by atoms with Crippen LogP contribution in [0.5, 0.6) is 0 Å². The number of carbonyl (C=O) groups is 1. The molecular formula is C18H18FN5O2S2. The van der Waals surface area contributed by atoms with Gasteiger partial charge in [-0.15, -0.1) is 22.0 Å². The molecule has 0 spiro atoms. The zero-order valence-electron chi connectivity index (χ0n) is 15.5. The molecule has 4 rings (SSSR count). The van der Waals surface area contributed by atoms with Crippen LogP contribution in [0.25, 0.3) is 11.7 Å². The van der Waals surface area contributed by atoms with Crippen molar-refractivity contribution in [1.29, 1.82) is 0 Å². The fraction of sp³-hybridized carbons (Fsp3) is 0.333. The lowest BCUT2D eigenvalue weighted by Gasteiger charge is -2.33. The Bertz CT molecular complexity index is 996. The van der Waals surface area contributed by atoms with Gasteiger partial charge >= 0.3 is 0 Å². The van der Waals surface area contributed by atoms with Crippen molar-refractivity contribution in [1.82, 2.24) is 24.6 Å². The number of amides is 1. The van der Waals surface area contributed by atoms with Gasteiger partial charge in [0.25, 0.3) is 11.8 Å². The maximum atomic E-state index is 13.1. The number of carbonyl (C=O) groups excluding carboxylic acids is 1. The second-order valence-corrected chi connectivity index (χ2v) is 7.81. The van der Waals surface area contributed by atoms with Gasteiger partial charge in [-0.1, -0.05) is 11.8 Å². The maximum absolute atomic E-state index is 13.1. The summed E-state index contributed by atoms with van der Waals surface area (Å²) >= 11 is 3.01. The molecule has 3 heterocycles. The highest BCUT2D eigenvalue weighted by Crippen LogP contribution is 2.34. The van der Waals surface area contributed by atoms with Crippen LogP contribution < -0.4 is 0 Å².